The van der Waals surface area contributed by atoms with Crippen LogP contribution in [0.5, 0.6) is 0 Å². The lowest BCUT2D eigenvalue weighted by molar-refractivity contribution is 0.458. The lowest BCUT2D eigenvalue weighted by Crippen LogP contribution is -2.22. The molecular formula is C23H29N3O3S2. The maximum absolute atomic E-state index is 13.0. The van der Waals surface area contributed by atoms with E-state index in [1.54, 1.807) is 18.3 Å². The van der Waals surface area contributed by atoms with Gasteiger partial charge in [0.15, 0.2) is 11.7 Å². The largest absolute Gasteiger partial charge is 0.440 e. The SMILES string of the molecule is CCN(CC)c1ccc(NS(=O)(=O)c2ccc(-c3cnc(C4CCCC4)o3)s2)c(C)c1. The van der Waals surface area contributed by atoms with Crippen molar-refractivity contribution >= 4 is 32.7 Å². The normalized spacial score (nSPS) is 14.8. The summed E-state index contributed by atoms with van der Waals surface area (Å²) in [6.07, 6.45) is 6.36. The Morgan fingerprint density at radius 2 is 1.90 bits per heavy atom. The van der Waals surface area contributed by atoms with Gasteiger partial charge >= 0.3 is 0 Å². The van der Waals surface area contributed by atoms with Crippen LogP contribution in [0.1, 0.15) is 56.9 Å². The molecule has 1 aromatic carbocycles. The molecule has 4 rings (SSSR count). The van der Waals surface area contributed by atoms with Gasteiger partial charge in [0.2, 0.25) is 0 Å². The van der Waals surface area contributed by atoms with Crippen LogP contribution in [0.2, 0.25) is 0 Å². The second-order valence-electron chi connectivity index (χ2n) is 7.94. The third-order valence-electron chi connectivity index (χ3n) is 5.90. The first kappa shape index (κ1) is 21.9. The fraction of sp³-hybridized carbons (Fsp3) is 0.435. The molecule has 8 heteroatoms. The highest BCUT2D eigenvalue weighted by atomic mass is 32.2. The summed E-state index contributed by atoms with van der Waals surface area (Å²) < 4.78 is 34.9. The monoisotopic (exact) mass is 459 g/mol. The Kier molecular flexibility index (Phi) is 6.39. The first-order chi connectivity index (χ1) is 14.9. The Morgan fingerprint density at radius 1 is 1.16 bits per heavy atom. The van der Waals surface area contributed by atoms with Crippen LogP contribution >= 0.6 is 11.3 Å². The van der Waals surface area contributed by atoms with Crippen molar-refractivity contribution in [2.45, 2.75) is 56.6 Å². The molecule has 1 saturated carbocycles. The van der Waals surface area contributed by atoms with E-state index in [0.29, 0.717) is 17.4 Å². The minimum absolute atomic E-state index is 0.258. The first-order valence-corrected chi connectivity index (χ1v) is 13.2. The molecule has 0 radical (unpaired) electrons. The molecule has 0 bridgehead atoms. The summed E-state index contributed by atoms with van der Waals surface area (Å²) in [6, 6.07) is 9.22. The number of anilines is 2. The average molecular weight is 460 g/mol. The summed E-state index contributed by atoms with van der Waals surface area (Å²) in [5, 5.41) is 0. The quantitative estimate of drug-likeness (QED) is 0.446. The lowest BCUT2D eigenvalue weighted by atomic mass is 10.1. The minimum Gasteiger partial charge on any atom is -0.440 e. The number of aromatic nitrogens is 1. The van der Waals surface area contributed by atoms with Crippen molar-refractivity contribution in [1.29, 1.82) is 0 Å². The van der Waals surface area contributed by atoms with E-state index >= 15 is 0 Å². The summed E-state index contributed by atoms with van der Waals surface area (Å²) in [5.41, 5.74) is 2.57. The number of hydrogen-bond donors (Lipinski definition) is 1. The fourth-order valence-corrected chi connectivity index (χ4v) is 6.49. The van der Waals surface area contributed by atoms with Crippen LogP contribution in [0.3, 0.4) is 0 Å². The molecular weight excluding hydrogens is 430 g/mol. The lowest BCUT2D eigenvalue weighted by Gasteiger charge is -2.22. The Balaban J connectivity index is 1.52. The second kappa shape index (κ2) is 9.04. The van der Waals surface area contributed by atoms with Gasteiger partial charge in [0.25, 0.3) is 10.0 Å². The number of benzene rings is 1. The van der Waals surface area contributed by atoms with E-state index in [-0.39, 0.29) is 4.21 Å². The molecule has 0 unspecified atom stereocenters. The maximum Gasteiger partial charge on any atom is 0.271 e. The van der Waals surface area contributed by atoms with E-state index < -0.39 is 10.0 Å². The summed E-state index contributed by atoms with van der Waals surface area (Å²) in [5.74, 6) is 1.79. The van der Waals surface area contributed by atoms with Gasteiger partial charge in [-0.25, -0.2) is 13.4 Å². The predicted octanol–water partition coefficient (Wildman–Crippen LogP) is 6.02. The molecule has 1 aliphatic rings. The first-order valence-electron chi connectivity index (χ1n) is 10.9. The Hall–Kier alpha value is -2.32. The Bertz CT molecular complexity index is 1140. The van der Waals surface area contributed by atoms with E-state index in [1.165, 1.54) is 24.2 Å². The van der Waals surface area contributed by atoms with Crippen LogP contribution in [0, 0.1) is 6.92 Å². The molecule has 6 nitrogen and oxygen atoms in total. The van der Waals surface area contributed by atoms with Gasteiger partial charge in [0, 0.05) is 24.7 Å². The molecule has 1 aliphatic carbocycles. The number of aryl methyl sites for hydroxylation is 1. The Labute approximate surface area is 188 Å². The molecule has 1 N–H and O–H groups in total. The van der Waals surface area contributed by atoms with Gasteiger partial charge in [0.05, 0.1) is 16.8 Å². The second-order valence-corrected chi connectivity index (χ2v) is 10.9. The van der Waals surface area contributed by atoms with Crippen molar-refractivity contribution in [3.8, 4) is 10.6 Å². The fourth-order valence-electron chi connectivity index (χ4n) is 4.10. The average Bonchev–Trinajstić information content (AvgIpc) is 3.51. The van der Waals surface area contributed by atoms with Gasteiger partial charge in [-0.2, -0.15) is 0 Å². The van der Waals surface area contributed by atoms with Crippen molar-refractivity contribution in [3.05, 3.63) is 48.0 Å². The van der Waals surface area contributed by atoms with Crippen LogP contribution in [0.15, 0.2) is 45.2 Å². The maximum atomic E-state index is 13.0. The minimum atomic E-state index is -3.68. The molecule has 0 aliphatic heterocycles. The van der Waals surface area contributed by atoms with E-state index in [1.807, 2.05) is 25.1 Å². The predicted molar refractivity (Wildman–Crippen MR) is 127 cm³/mol. The summed E-state index contributed by atoms with van der Waals surface area (Å²) in [6.45, 7) is 7.94. The number of nitrogens with zero attached hydrogens (tertiary/aromatic N) is 2. The highest BCUT2D eigenvalue weighted by molar-refractivity contribution is 7.94. The van der Waals surface area contributed by atoms with Gasteiger partial charge in [-0.1, -0.05) is 12.8 Å². The third-order valence-corrected chi connectivity index (χ3v) is 8.86. The number of sulfonamides is 1. The van der Waals surface area contributed by atoms with E-state index in [4.69, 9.17) is 4.42 Å². The van der Waals surface area contributed by atoms with Crippen LogP contribution in [-0.2, 0) is 10.0 Å². The summed E-state index contributed by atoms with van der Waals surface area (Å²) in [7, 11) is -3.68. The smallest absolute Gasteiger partial charge is 0.271 e. The molecule has 0 spiro atoms. The third kappa shape index (κ3) is 4.65. The number of rotatable bonds is 8. The van der Waals surface area contributed by atoms with Gasteiger partial charge in [-0.3, -0.25) is 4.72 Å². The van der Waals surface area contributed by atoms with Gasteiger partial charge < -0.3 is 9.32 Å². The molecule has 1 fully saturated rings. The molecule has 2 heterocycles. The number of thiophene rings is 1. The molecule has 166 valence electrons. The molecule has 0 saturated heterocycles. The zero-order valence-electron chi connectivity index (χ0n) is 18.2. The van der Waals surface area contributed by atoms with Crippen molar-refractivity contribution in [3.63, 3.8) is 0 Å². The van der Waals surface area contributed by atoms with Crippen LogP contribution in [-0.4, -0.2) is 26.5 Å². The standard InChI is InChI=1S/C23H29N3O3S2/c1-4-26(5-2)18-10-11-19(16(3)14-18)25-31(27,28)22-13-12-21(30-22)20-15-24-23(29-20)17-8-6-7-9-17/h10-15,17,25H,4-9H2,1-3H3. The molecule has 3 aromatic rings. The Morgan fingerprint density at radius 3 is 2.58 bits per heavy atom. The van der Waals surface area contributed by atoms with Crippen LogP contribution < -0.4 is 9.62 Å². The van der Waals surface area contributed by atoms with Gasteiger partial charge in [-0.05, 0) is 69.5 Å². The zero-order chi connectivity index (χ0) is 22.0. The van der Waals surface area contributed by atoms with Crippen LogP contribution in [0.4, 0.5) is 11.4 Å². The summed E-state index contributed by atoms with van der Waals surface area (Å²) in [4.78, 5) is 7.43. The number of nitrogens with one attached hydrogen (secondary N) is 1. The van der Waals surface area contributed by atoms with E-state index in [0.717, 1.165) is 47.9 Å². The van der Waals surface area contributed by atoms with E-state index in [2.05, 4.69) is 28.5 Å². The highest BCUT2D eigenvalue weighted by Crippen LogP contribution is 2.37. The van der Waals surface area contributed by atoms with Crippen molar-refractivity contribution in [1.82, 2.24) is 4.98 Å². The van der Waals surface area contributed by atoms with Crippen molar-refractivity contribution in [2.75, 3.05) is 22.7 Å². The number of oxazole rings is 1. The van der Waals surface area contributed by atoms with Gasteiger partial charge in [-0.15, -0.1) is 11.3 Å². The van der Waals surface area contributed by atoms with E-state index in [9.17, 15) is 8.42 Å². The van der Waals surface area contributed by atoms with Crippen molar-refractivity contribution < 1.29 is 12.8 Å². The highest BCUT2D eigenvalue weighted by Gasteiger charge is 2.24. The van der Waals surface area contributed by atoms with Crippen molar-refractivity contribution in [2.24, 2.45) is 0 Å². The molecule has 0 amide bonds. The topological polar surface area (TPSA) is 75.4 Å². The zero-order valence-corrected chi connectivity index (χ0v) is 19.9. The van der Waals surface area contributed by atoms with Crippen LogP contribution in [0.25, 0.3) is 10.6 Å². The number of hydrogen-bond acceptors (Lipinski definition) is 6. The summed E-state index contributed by atoms with van der Waals surface area (Å²) >= 11 is 1.20. The molecule has 31 heavy (non-hydrogen) atoms. The molecule has 2 aromatic heterocycles. The molecule has 0 atom stereocenters. The van der Waals surface area contributed by atoms with Gasteiger partial charge in [0.1, 0.15) is 4.21 Å².